The third kappa shape index (κ3) is 5.27. The number of carbonyl (C=O) groups excluding carboxylic acids is 1. The topological polar surface area (TPSA) is 74.6 Å². The second kappa shape index (κ2) is 6.00. The van der Waals surface area contributed by atoms with Gasteiger partial charge < -0.3 is 9.79 Å². The van der Waals surface area contributed by atoms with Crippen LogP contribution in [0.25, 0.3) is 0 Å². The highest BCUT2D eigenvalue weighted by Gasteiger charge is 2.29. The largest absolute Gasteiger partial charge is 0.332 e. The highest BCUT2D eigenvalue weighted by atomic mass is 31.2. The summed E-state index contributed by atoms with van der Waals surface area (Å²) >= 11 is 0. The fraction of sp³-hybridized carbons (Fsp3) is 0.500. The van der Waals surface area contributed by atoms with Crippen LogP contribution in [0, 0.1) is 5.92 Å². The summed E-state index contributed by atoms with van der Waals surface area (Å²) in [5.41, 5.74) is 0.913. The molecule has 0 unspecified atom stereocenters. The van der Waals surface area contributed by atoms with Crippen molar-refractivity contribution >= 4 is 13.4 Å². The van der Waals surface area contributed by atoms with Crippen molar-refractivity contribution in [2.75, 3.05) is 6.16 Å². The molecule has 0 fully saturated rings. The lowest BCUT2D eigenvalue weighted by Gasteiger charge is -2.28. The van der Waals surface area contributed by atoms with Crippen LogP contribution in [0.1, 0.15) is 32.8 Å². The molecule has 0 aliphatic rings. The molecule has 0 saturated carbocycles. The predicted octanol–water partition coefficient (Wildman–Crippen LogP) is 2.74. The number of ketones is 1. The number of rotatable bonds is 6. The van der Waals surface area contributed by atoms with E-state index in [0.29, 0.717) is 6.42 Å². The van der Waals surface area contributed by atoms with E-state index in [0.717, 1.165) is 5.56 Å². The first-order valence-corrected chi connectivity index (χ1v) is 8.04. The standard InChI is InChI=1S/C14H21O4P/c1-11(13(15)10-19(16,17)18)9-14(2,3)12-7-5-4-6-8-12/h4-8,11H,9-10H2,1-3H3,(H2,16,17,18)/t11-/m0/s1. The zero-order valence-corrected chi connectivity index (χ0v) is 12.4. The molecule has 4 nitrogen and oxygen atoms in total. The monoisotopic (exact) mass is 284 g/mol. The molecule has 0 aromatic heterocycles. The Bertz CT molecular complexity index is 475. The van der Waals surface area contributed by atoms with E-state index >= 15 is 0 Å². The highest BCUT2D eigenvalue weighted by molar-refractivity contribution is 7.52. The molecule has 0 saturated heterocycles. The van der Waals surface area contributed by atoms with E-state index < -0.39 is 13.8 Å². The summed E-state index contributed by atoms with van der Waals surface area (Å²) in [5.74, 6) is -0.750. The van der Waals surface area contributed by atoms with E-state index in [9.17, 15) is 9.36 Å². The number of hydrogen-bond donors (Lipinski definition) is 2. The Kier molecular flexibility index (Phi) is 5.08. The first-order valence-electron chi connectivity index (χ1n) is 6.24. The van der Waals surface area contributed by atoms with Gasteiger partial charge in [0.25, 0.3) is 0 Å². The molecule has 5 heteroatoms. The molecule has 0 amide bonds. The van der Waals surface area contributed by atoms with Crippen LogP contribution in [0.5, 0.6) is 0 Å². The summed E-state index contributed by atoms with van der Waals surface area (Å²) in [4.78, 5) is 29.5. The number of carbonyl (C=O) groups is 1. The van der Waals surface area contributed by atoms with Gasteiger partial charge in [-0.2, -0.15) is 0 Å². The van der Waals surface area contributed by atoms with Gasteiger partial charge in [-0.15, -0.1) is 0 Å². The minimum absolute atomic E-state index is 0.203. The number of benzene rings is 1. The normalized spacial score (nSPS) is 14.2. The quantitative estimate of drug-likeness (QED) is 0.788. The number of hydrogen-bond acceptors (Lipinski definition) is 2. The maximum atomic E-state index is 11.8. The van der Waals surface area contributed by atoms with Gasteiger partial charge in [-0.3, -0.25) is 9.36 Å². The van der Waals surface area contributed by atoms with Gasteiger partial charge in [0.2, 0.25) is 0 Å². The van der Waals surface area contributed by atoms with E-state index in [-0.39, 0.29) is 17.1 Å². The summed E-state index contributed by atoms with van der Waals surface area (Å²) in [6.07, 6.45) is -0.102. The lowest BCUT2D eigenvalue weighted by molar-refractivity contribution is -0.120. The second-order valence-corrected chi connectivity index (χ2v) is 7.29. The SMILES string of the molecule is C[C@@H](CC(C)(C)c1ccccc1)C(=O)CP(=O)(O)O. The average Bonchev–Trinajstić information content (AvgIpc) is 2.27. The lowest BCUT2D eigenvalue weighted by atomic mass is 9.77. The maximum absolute atomic E-state index is 11.8. The third-order valence-corrected chi connectivity index (χ3v) is 4.01. The Morgan fingerprint density at radius 2 is 1.79 bits per heavy atom. The average molecular weight is 284 g/mol. The molecular formula is C14H21O4P. The van der Waals surface area contributed by atoms with Gasteiger partial charge in [0, 0.05) is 5.92 Å². The van der Waals surface area contributed by atoms with Gasteiger partial charge in [0.05, 0.1) is 0 Å². The molecule has 19 heavy (non-hydrogen) atoms. The molecule has 0 aliphatic carbocycles. The molecule has 0 heterocycles. The van der Waals surface area contributed by atoms with Crippen molar-refractivity contribution in [3.63, 3.8) is 0 Å². The van der Waals surface area contributed by atoms with Gasteiger partial charge in [0.15, 0.2) is 0 Å². The van der Waals surface area contributed by atoms with E-state index in [1.165, 1.54) is 0 Å². The molecule has 0 radical (unpaired) electrons. The minimum atomic E-state index is -4.26. The third-order valence-electron chi connectivity index (χ3n) is 3.28. The number of Topliss-reactive ketones (excluding diaryl/α,β-unsaturated/α-hetero) is 1. The molecule has 0 aliphatic heterocycles. The van der Waals surface area contributed by atoms with Crippen molar-refractivity contribution in [1.29, 1.82) is 0 Å². The van der Waals surface area contributed by atoms with Crippen molar-refractivity contribution in [2.45, 2.75) is 32.6 Å². The van der Waals surface area contributed by atoms with Crippen molar-refractivity contribution in [2.24, 2.45) is 5.92 Å². The van der Waals surface area contributed by atoms with Gasteiger partial charge in [0.1, 0.15) is 11.9 Å². The Balaban J connectivity index is 2.73. The Morgan fingerprint density at radius 1 is 1.26 bits per heavy atom. The fourth-order valence-electron chi connectivity index (χ4n) is 2.25. The first-order chi connectivity index (χ1) is 8.62. The highest BCUT2D eigenvalue weighted by Crippen LogP contribution is 2.37. The van der Waals surface area contributed by atoms with Crippen molar-refractivity contribution in [1.82, 2.24) is 0 Å². The molecular weight excluding hydrogens is 263 g/mol. The molecule has 2 N–H and O–H groups in total. The summed E-state index contributed by atoms with van der Waals surface area (Å²) in [7, 11) is -4.26. The fourth-order valence-corrected chi connectivity index (χ4v) is 2.96. The molecule has 0 spiro atoms. The van der Waals surface area contributed by atoms with Gasteiger partial charge in [-0.1, -0.05) is 51.1 Å². The Morgan fingerprint density at radius 3 is 2.26 bits per heavy atom. The van der Waals surface area contributed by atoms with Crippen molar-refractivity contribution in [3.8, 4) is 0 Å². The molecule has 1 rings (SSSR count). The smallest absolute Gasteiger partial charge is 0.324 e. The minimum Gasteiger partial charge on any atom is -0.324 e. The van der Waals surface area contributed by atoms with Crippen LogP contribution in [0.3, 0.4) is 0 Å². The van der Waals surface area contributed by atoms with Gasteiger partial charge in [-0.25, -0.2) is 0 Å². The van der Waals surface area contributed by atoms with Crippen LogP contribution in [0.15, 0.2) is 30.3 Å². The van der Waals surface area contributed by atoms with Gasteiger partial charge in [-0.05, 0) is 17.4 Å². The van der Waals surface area contributed by atoms with Crippen LogP contribution in [0.2, 0.25) is 0 Å². The summed E-state index contributed by atoms with van der Waals surface area (Å²) in [5, 5.41) is 0. The van der Waals surface area contributed by atoms with E-state index in [4.69, 9.17) is 9.79 Å². The zero-order valence-electron chi connectivity index (χ0n) is 11.5. The van der Waals surface area contributed by atoms with Crippen LogP contribution in [-0.2, 0) is 14.8 Å². The van der Waals surface area contributed by atoms with E-state index in [1.807, 2.05) is 44.2 Å². The van der Waals surface area contributed by atoms with Crippen LogP contribution < -0.4 is 0 Å². The van der Waals surface area contributed by atoms with E-state index in [2.05, 4.69) is 0 Å². The molecule has 0 bridgehead atoms. The van der Waals surface area contributed by atoms with E-state index in [1.54, 1.807) is 6.92 Å². The molecule has 106 valence electrons. The molecule has 1 atom stereocenters. The zero-order chi connectivity index (χ0) is 14.7. The van der Waals surface area contributed by atoms with Crippen molar-refractivity contribution < 1.29 is 19.1 Å². The van der Waals surface area contributed by atoms with Crippen molar-refractivity contribution in [3.05, 3.63) is 35.9 Å². The molecule has 1 aromatic rings. The summed E-state index contributed by atoms with van der Waals surface area (Å²) < 4.78 is 10.9. The van der Waals surface area contributed by atoms with Crippen LogP contribution in [0.4, 0.5) is 0 Å². The summed E-state index contributed by atoms with van der Waals surface area (Å²) in [6, 6.07) is 9.82. The first kappa shape index (κ1) is 16.1. The summed E-state index contributed by atoms with van der Waals surface area (Å²) in [6.45, 7) is 5.79. The molecule has 1 aromatic carbocycles. The Labute approximate surface area is 114 Å². The Hall–Kier alpha value is -0.960. The van der Waals surface area contributed by atoms with Crippen LogP contribution >= 0.6 is 7.60 Å². The lowest BCUT2D eigenvalue weighted by Crippen LogP contribution is -2.26. The van der Waals surface area contributed by atoms with Gasteiger partial charge >= 0.3 is 7.60 Å². The second-order valence-electron chi connectivity index (χ2n) is 5.64. The predicted molar refractivity (Wildman–Crippen MR) is 75.2 cm³/mol. The maximum Gasteiger partial charge on any atom is 0.332 e. The van der Waals surface area contributed by atoms with Crippen LogP contribution in [-0.4, -0.2) is 21.7 Å².